The number of methoxy groups -OCH3 is 1. The van der Waals surface area contributed by atoms with E-state index in [2.05, 4.69) is 32.6 Å². The highest BCUT2D eigenvalue weighted by molar-refractivity contribution is 14.1. The molecular weight excluding hydrogens is 343 g/mol. The minimum atomic E-state index is -0.572. The van der Waals surface area contributed by atoms with Gasteiger partial charge in [0.05, 0.1) is 18.9 Å². The van der Waals surface area contributed by atoms with Crippen molar-refractivity contribution in [2.75, 3.05) is 7.11 Å². The Bertz CT molecular complexity index is 534. The molecule has 1 unspecified atom stereocenters. The van der Waals surface area contributed by atoms with Crippen molar-refractivity contribution in [1.82, 2.24) is 9.97 Å². The molecule has 1 N–H and O–H groups in total. The van der Waals surface area contributed by atoms with Crippen molar-refractivity contribution >= 4 is 22.6 Å². The van der Waals surface area contributed by atoms with Crippen LogP contribution in [0.5, 0.6) is 5.88 Å². The van der Waals surface area contributed by atoms with Crippen molar-refractivity contribution in [1.29, 1.82) is 0 Å². The number of aromatic nitrogens is 2. The lowest BCUT2D eigenvalue weighted by Gasteiger charge is -2.12. The smallest absolute Gasteiger partial charge is 0.216 e. The van der Waals surface area contributed by atoms with Gasteiger partial charge in [-0.3, -0.25) is 0 Å². The number of rotatable bonds is 4. The van der Waals surface area contributed by atoms with E-state index in [4.69, 9.17) is 4.74 Å². The van der Waals surface area contributed by atoms with Crippen molar-refractivity contribution in [2.45, 2.75) is 12.5 Å². The van der Waals surface area contributed by atoms with E-state index in [-0.39, 0.29) is 0 Å². The lowest BCUT2D eigenvalue weighted by atomic mass is 10.1. The fraction of sp³-hybridized carbons (Fsp3) is 0.231. The third-order valence-corrected chi connectivity index (χ3v) is 3.56. The number of nitrogens with zero attached hydrogens (tertiary/aromatic N) is 2. The predicted molar refractivity (Wildman–Crippen MR) is 76.4 cm³/mol. The Kier molecular flexibility index (Phi) is 4.48. The molecule has 94 valence electrons. The molecule has 1 aromatic heterocycles. The number of aliphatic hydroxyl groups excluding tert-OH is 1. The first-order valence-corrected chi connectivity index (χ1v) is 6.56. The summed E-state index contributed by atoms with van der Waals surface area (Å²) in [6, 6.07) is 9.50. The van der Waals surface area contributed by atoms with Crippen molar-refractivity contribution in [3.63, 3.8) is 0 Å². The molecule has 5 heteroatoms. The molecule has 1 aromatic carbocycles. The van der Waals surface area contributed by atoms with E-state index >= 15 is 0 Å². The number of hydrogen-bond acceptors (Lipinski definition) is 4. The maximum Gasteiger partial charge on any atom is 0.216 e. The molecule has 1 heterocycles. The van der Waals surface area contributed by atoms with Crippen LogP contribution < -0.4 is 4.74 Å². The quantitative estimate of drug-likeness (QED) is 0.855. The second-order valence-electron chi connectivity index (χ2n) is 3.79. The molecule has 0 saturated carbocycles. The third kappa shape index (κ3) is 3.17. The van der Waals surface area contributed by atoms with Crippen LogP contribution in [-0.4, -0.2) is 22.2 Å². The minimum absolute atomic E-state index is 0.443. The summed E-state index contributed by atoms with van der Waals surface area (Å²) < 4.78 is 6.08. The topological polar surface area (TPSA) is 55.2 Å². The molecule has 0 amide bonds. The van der Waals surface area contributed by atoms with Gasteiger partial charge in [0, 0.05) is 16.1 Å². The van der Waals surface area contributed by atoms with Crippen LogP contribution >= 0.6 is 22.6 Å². The molecule has 1 atom stereocenters. The molecule has 0 fully saturated rings. The van der Waals surface area contributed by atoms with Crippen LogP contribution in [0, 0.1) is 3.57 Å². The van der Waals surface area contributed by atoms with E-state index < -0.39 is 6.10 Å². The van der Waals surface area contributed by atoms with Gasteiger partial charge in [-0.05, 0) is 34.2 Å². The summed E-state index contributed by atoms with van der Waals surface area (Å²) in [5.41, 5.74) is 1.67. The predicted octanol–water partition coefficient (Wildman–Crippen LogP) is 2.37. The summed E-state index contributed by atoms with van der Waals surface area (Å²) in [5.74, 6) is 0.509. The first-order valence-electron chi connectivity index (χ1n) is 5.48. The van der Waals surface area contributed by atoms with E-state index in [9.17, 15) is 5.11 Å². The van der Waals surface area contributed by atoms with Crippen LogP contribution in [0.3, 0.4) is 0 Å². The van der Waals surface area contributed by atoms with Crippen LogP contribution in [-0.2, 0) is 6.42 Å². The summed E-state index contributed by atoms with van der Waals surface area (Å²) in [7, 11) is 1.56. The largest absolute Gasteiger partial charge is 0.481 e. The van der Waals surface area contributed by atoms with Crippen LogP contribution in [0.15, 0.2) is 36.7 Å². The molecule has 2 aromatic rings. The van der Waals surface area contributed by atoms with Gasteiger partial charge in [-0.2, -0.15) is 0 Å². The second-order valence-corrected chi connectivity index (χ2v) is 4.96. The lowest BCUT2D eigenvalue weighted by Crippen LogP contribution is -2.05. The Morgan fingerprint density at radius 2 is 2.11 bits per heavy atom. The van der Waals surface area contributed by atoms with E-state index in [1.165, 1.54) is 6.33 Å². The van der Waals surface area contributed by atoms with Gasteiger partial charge in [-0.15, -0.1) is 0 Å². The highest BCUT2D eigenvalue weighted by Crippen LogP contribution is 2.23. The van der Waals surface area contributed by atoms with Gasteiger partial charge >= 0.3 is 0 Å². The number of aliphatic hydroxyl groups is 1. The van der Waals surface area contributed by atoms with Crippen molar-refractivity contribution in [3.05, 3.63) is 51.5 Å². The Morgan fingerprint density at radius 3 is 2.83 bits per heavy atom. The molecule has 0 radical (unpaired) electrons. The summed E-state index contributed by atoms with van der Waals surface area (Å²) in [4.78, 5) is 8.07. The number of halogens is 1. The average molecular weight is 356 g/mol. The standard InChI is InChI=1S/C13H13IN2O2/c1-18-13-7-9(15-8-16-13)6-12(17)10-4-2-3-5-11(10)14/h2-5,7-8,12,17H,6H2,1H3. The first-order chi connectivity index (χ1) is 8.70. The van der Waals surface area contributed by atoms with Crippen LogP contribution in [0.25, 0.3) is 0 Å². The molecule has 0 aliphatic heterocycles. The van der Waals surface area contributed by atoms with E-state index in [0.29, 0.717) is 12.3 Å². The molecular formula is C13H13IN2O2. The average Bonchev–Trinajstić information content (AvgIpc) is 2.39. The van der Waals surface area contributed by atoms with E-state index in [0.717, 1.165) is 14.8 Å². The second kappa shape index (κ2) is 6.10. The summed E-state index contributed by atoms with van der Waals surface area (Å²) in [6.07, 6.45) is 1.31. The highest BCUT2D eigenvalue weighted by atomic mass is 127. The van der Waals surface area contributed by atoms with Crippen molar-refractivity contribution in [3.8, 4) is 5.88 Å². The van der Waals surface area contributed by atoms with Gasteiger partial charge in [0.25, 0.3) is 0 Å². The molecule has 2 rings (SSSR count). The number of benzene rings is 1. The monoisotopic (exact) mass is 356 g/mol. The molecule has 0 spiro atoms. The fourth-order valence-electron chi connectivity index (χ4n) is 1.65. The number of ether oxygens (including phenoxy) is 1. The maximum absolute atomic E-state index is 10.2. The van der Waals surface area contributed by atoms with Gasteiger partial charge in [-0.25, -0.2) is 9.97 Å². The first kappa shape index (κ1) is 13.2. The Balaban J connectivity index is 2.16. The van der Waals surface area contributed by atoms with Crippen LogP contribution in [0.1, 0.15) is 17.4 Å². The Morgan fingerprint density at radius 1 is 1.33 bits per heavy atom. The molecule has 18 heavy (non-hydrogen) atoms. The molecule has 0 aliphatic rings. The van der Waals surface area contributed by atoms with Crippen LogP contribution in [0.4, 0.5) is 0 Å². The zero-order valence-corrected chi connectivity index (χ0v) is 12.0. The minimum Gasteiger partial charge on any atom is -0.481 e. The molecule has 0 aliphatic carbocycles. The normalized spacial score (nSPS) is 12.2. The SMILES string of the molecule is COc1cc(CC(O)c2ccccc2I)ncn1. The lowest BCUT2D eigenvalue weighted by molar-refractivity contribution is 0.176. The Hall–Kier alpha value is -1.21. The summed E-state index contributed by atoms with van der Waals surface area (Å²) in [5, 5.41) is 10.2. The van der Waals surface area contributed by atoms with Gasteiger partial charge < -0.3 is 9.84 Å². The summed E-state index contributed by atoms with van der Waals surface area (Å²) >= 11 is 2.21. The highest BCUT2D eigenvalue weighted by Gasteiger charge is 2.12. The fourth-order valence-corrected chi connectivity index (χ4v) is 2.40. The molecule has 0 bridgehead atoms. The van der Waals surface area contributed by atoms with Crippen molar-refractivity contribution < 1.29 is 9.84 Å². The zero-order valence-electron chi connectivity index (χ0n) is 9.88. The maximum atomic E-state index is 10.2. The summed E-state index contributed by atoms with van der Waals surface area (Å²) in [6.45, 7) is 0. The Labute approximate surface area is 119 Å². The zero-order chi connectivity index (χ0) is 13.0. The van der Waals surface area contributed by atoms with Crippen molar-refractivity contribution in [2.24, 2.45) is 0 Å². The van der Waals surface area contributed by atoms with E-state index in [1.54, 1.807) is 13.2 Å². The number of hydrogen-bond donors (Lipinski definition) is 1. The molecule has 4 nitrogen and oxygen atoms in total. The van der Waals surface area contributed by atoms with Gasteiger partial charge in [0.1, 0.15) is 6.33 Å². The third-order valence-electron chi connectivity index (χ3n) is 2.57. The van der Waals surface area contributed by atoms with E-state index in [1.807, 2.05) is 24.3 Å². The van der Waals surface area contributed by atoms with Gasteiger partial charge in [0.2, 0.25) is 5.88 Å². The molecule has 0 saturated heterocycles. The van der Waals surface area contributed by atoms with Gasteiger partial charge in [0.15, 0.2) is 0 Å². The van der Waals surface area contributed by atoms with Gasteiger partial charge in [-0.1, -0.05) is 18.2 Å². The van der Waals surface area contributed by atoms with Crippen LogP contribution in [0.2, 0.25) is 0 Å².